The molecule has 0 aliphatic heterocycles. The zero-order chi connectivity index (χ0) is 9.84. The molecular formula is C8H4Br4O. The van der Waals surface area contributed by atoms with Gasteiger partial charge in [-0.25, -0.2) is 0 Å². The van der Waals surface area contributed by atoms with Gasteiger partial charge in [0, 0.05) is 9.46 Å². The fraction of sp³-hybridized carbons (Fsp3) is 0. The van der Waals surface area contributed by atoms with Crippen LogP contribution in [0.1, 0.15) is 0 Å². The summed E-state index contributed by atoms with van der Waals surface area (Å²) in [5.41, 5.74) is 0. The van der Waals surface area contributed by atoms with Crippen molar-refractivity contribution in [3.63, 3.8) is 0 Å². The van der Waals surface area contributed by atoms with Gasteiger partial charge < -0.3 is 4.74 Å². The van der Waals surface area contributed by atoms with Crippen molar-refractivity contribution in [1.29, 1.82) is 0 Å². The molecule has 0 unspecified atom stereocenters. The van der Waals surface area contributed by atoms with Crippen molar-refractivity contribution in [3.8, 4) is 5.75 Å². The average Bonchev–Trinajstić information content (AvgIpc) is 2.02. The van der Waals surface area contributed by atoms with E-state index in [1.165, 1.54) is 0 Å². The zero-order valence-corrected chi connectivity index (χ0v) is 12.6. The molecule has 13 heavy (non-hydrogen) atoms. The molecule has 0 aromatic heterocycles. The fourth-order valence-electron chi connectivity index (χ4n) is 0.735. The maximum Gasteiger partial charge on any atom is 0.154 e. The molecule has 0 N–H and O–H groups in total. The van der Waals surface area contributed by atoms with Gasteiger partial charge in [-0.1, -0.05) is 31.9 Å². The smallest absolute Gasteiger partial charge is 0.154 e. The maximum absolute atomic E-state index is 5.33. The first-order valence-corrected chi connectivity index (χ1v) is 6.51. The van der Waals surface area contributed by atoms with Gasteiger partial charge in [0.15, 0.2) is 5.75 Å². The second kappa shape index (κ2) is 5.53. The summed E-state index contributed by atoms with van der Waals surface area (Å²) >= 11 is 13.3. The molecule has 0 amide bonds. The average molecular weight is 436 g/mol. The molecule has 0 saturated carbocycles. The molecule has 1 aromatic carbocycles. The van der Waals surface area contributed by atoms with Crippen molar-refractivity contribution >= 4 is 63.7 Å². The van der Waals surface area contributed by atoms with E-state index in [2.05, 4.69) is 63.7 Å². The molecule has 0 saturated heterocycles. The predicted molar refractivity (Wildman–Crippen MR) is 68.2 cm³/mol. The summed E-state index contributed by atoms with van der Waals surface area (Å²) in [7, 11) is 0. The molecule has 0 bridgehead atoms. The molecule has 0 aliphatic carbocycles. The largest absolute Gasteiger partial charge is 0.462 e. The highest BCUT2D eigenvalue weighted by Crippen LogP contribution is 2.36. The molecule has 0 aliphatic rings. The SMILES string of the molecule is BrC=COc1c(Br)cc(Br)cc1Br. The van der Waals surface area contributed by atoms with E-state index in [1.807, 2.05) is 12.1 Å². The lowest BCUT2D eigenvalue weighted by atomic mass is 10.3. The van der Waals surface area contributed by atoms with Gasteiger partial charge in [0.1, 0.15) is 0 Å². The molecule has 0 spiro atoms. The minimum atomic E-state index is 0.749. The molecule has 0 radical (unpaired) electrons. The van der Waals surface area contributed by atoms with E-state index in [-0.39, 0.29) is 0 Å². The molecule has 70 valence electrons. The summed E-state index contributed by atoms with van der Waals surface area (Å²) in [6, 6.07) is 3.84. The van der Waals surface area contributed by atoms with Crippen LogP contribution in [0, 0.1) is 0 Å². The normalized spacial score (nSPS) is 10.8. The summed E-state index contributed by atoms with van der Waals surface area (Å²) < 4.78 is 8.09. The number of ether oxygens (including phenoxy) is 1. The molecule has 0 atom stereocenters. The van der Waals surface area contributed by atoms with E-state index in [0.717, 1.165) is 19.2 Å². The molecule has 0 fully saturated rings. The molecule has 0 heterocycles. The second-order valence-corrected chi connectivity index (χ2v) is 5.23. The Morgan fingerprint density at radius 2 is 1.62 bits per heavy atom. The first-order chi connectivity index (χ1) is 6.15. The highest BCUT2D eigenvalue weighted by molar-refractivity contribution is 9.11. The Morgan fingerprint density at radius 1 is 1.08 bits per heavy atom. The Labute approximate surface area is 110 Å². The molecule has 1 aromatic rings. The Morgan fingerprint density at radius 3 is 2.08 bits per heavy atom. The minimum Gasteiger partial charge on any atom is -0.462 e. The Kier molecular flexibility index (Phi) is 5.00. The van der Waals surface area contributed by atoms with Gasteiger partial charge in [-0.05, 0) is 44.0 Å². The van der Waals surface area contributed by atoms with Crippen LogP contribution in [0.2, 0.25) is 0 Å². The third-order valence-corrected chi connectivity index (χ3v) is 3.05. The monoisotopic (exact) mass is 432 g/mol. The van der Waals surface area contributed by atoms with Crippen LogP contribution in [0.25, 0.3) is 0 Å². The second-order valence-electron chi connectivity index (χ2n) is 2.08. The first kappa shape index (κ1) is 11.8. The molecule has 1 rings (SSSR count). The standard InChI is InChI=1S/C8H4Br4O/c9-1-2-13-8-6(11)3-5(10)4-7(8)12/h1-4H. The van der Waals surface area contributed by atoms with E-state index >= 15 is 0 Å². The summed E-state index contributed by atoms with van der Waals surface area (Å²) in [5, 5.41) is 0. The van der Waals surface area contributed by atoms with Crippen LogP contribution in [0.5, 0.6) is 5.75 Å². The third kappa shape index (κ3) is 3.38. The lowest BCUT2D eigenvalue weighted by molar-refractivity contribution is 0.476. The molecule has 5 heteroatoms. The topological polar surface area (TPSA) is 9.23 Å². The van der Waals surface area contributed by atoms with Crippen LogP contribution < -0.4 is 4.74 Å². The van der Waals surface area contributed by atoms with Gasteiger partial charge in [0.2, 0.25) is 0 Å². The third-order valence-electron chi connectivity index (χ3n) is 1.20. The summed E-state index contributed by atoms with van der Waals surface area (Å²) in [6.45, 7) is 0. The van der Waals surface area contributed by atoms with Crippen LogP contribution in [0.3, 0.4) is 0 Å². The summed E-state index contributed by atoms with van der Waals surface area (Å²) in [4.78, 5) is 1.65. The van der Waals surface area contributed by atoms with Gasteiger partial charge in [0.25, 0.3) is 0 Å². The van der Waals surface area contributed by atoms with E-state index in [0.29, 0.717) is 0 Å². The lowest BCUT2D eigenvalue weighted by Crippen LogP contribution is -1.84. The fourth-order valence-corrected chi connectivity index (χ4v) is 3.29. The van der Waals surface area contributed by atoms with Crippen molar-refractivity contribution in [3.05, 3.63) is 36.8 Å². The lowest BCUT2D eigenvalue weighted by Gasteiger charge is -2.06. The number of rotatable bonds is 2. The zero-order valence-electron chi connectivity index (χ0n) is 6.23. The van der Waals surface area contributed by atoms with E-state index in [4.69, 9.17) is 4.74 Å². The number of hydrogen-bond acceptors (Lipinski definition) is 1. The van der Waals surface area contributed by atoms with Crippen molar-refractivity contribution < 1.29 is 4.74 Å². The Balaban J connectivity index is 3.05. The van der Waals surface area contributed by atoms with E-state index < -0.39 is 0 Å². The number of halogens is 4. The van der Waals surface area contributed by atoms with E-state index in [9.17, 15) is 0 Å². The van der Waals surface area contributed by atoms with Crippen LogP contribution in [0.15, 0.2) is 36.8 Å². The van der Waals surface area contributed by atoms with Crippen LogP contribution in [-0.4, -0.2) is 0 Å². The quantitative estimate of drug-likeness (QED) is 0.579. The highest BCUT2D eigenvalue weighted by Gasteiger charge is 2.06. The summed E-state index contributed by atoms with van der Waals surface area (Å²) in [5.74, 6) is 0.749. The van der Waals surface area contributed by atoms with Gasteiger partial charge in [-0.3, -0.25) is 0 Å². The Hall–Kier alpha value is 0.680. The first-order valence-electron chi connectivity index (χ1n) is 3.21. The van der Waals surface area contributed by atoms with Crippen molar-refractivity contribution in [2.75, 3.05) is 0 Å². The molecule has 1 nitrogen and oxygen atoms in total. The Bertz CT molecular complexity index is 312. The van der Waals surface area contributed by atoms with Gasteiger partial charge in [-0.15, -0.1) is 0 Å². The van der Waals surface area contributed by atoms with Crippen molar-refractivity contribution in [1.82, 2.24) is 0 Å². The van der Waals surface area contributed by atoms with Gasteiger partial charge >= 0.3 is 0 Å². The van der Waals surface area contributed by atoms with Crippen molar-refractivity contribution in [2.24, 2.45) is 0 Å². The number of hydrogen-bond donors (Lipinski definition) is 0. The minimum absolute atomic E-state index is 0.749. The van der Waals surface area contributed by atoms with Crippen LogP contribution in [-0.2, 0) is 0 Å². The van der Waals surface area contributed by atoms with Crippen LogP contribution >= 0.6 is 63.7 Å². The van der Waals surface area contributed by atoms with Crippen molar-refractivity contribution in [2.45, 2.75) is 0 Å². The van der Waals surface area contributed by atoms with E-state index in [1.54, 1.807) is 11.2 Å². The van der Waals surface area contributed by atoms with Gasteiger partial charge in [0.05, 0.1) is 15.2 Å². The summed E-state index contributed by atoms with van der Waals surface area (Å²) in [6.07, 6.45) is 1.55. The predicted octanol–water partition coefficient (Wildman–Crippen LogP) is 5.22. The highest BCUT2D eigenvalue weighted by atomic mass is 79.9. The number of benzene rings is 1. The van der Waals surface area contributed by atoms with Gasteiger partial charge in [-0.2, -0.15) is 0 Å². The van der Waals surface area contributed by atoms with Crippen LogP contribution in [0.4, 0.5) is 0 Å². The maximum atomic E-state index is 5.33. The molecular weight excluding hydrogens is 432 g/mol.